The molecule has 1 saturated carbocycles. The molecule has 0 aromatic carbocycles. The Morgan fingerprint density at radius 1 is 0.667 bits per heavy atom. The summed E-state index contributed by atoms with van der Waals surface area (Å²) in [5, 5.41) is 113. The fourth-order valence-corrected chi connectivity index (χ4v) is 8.84. The van der Waals surface area contributed by atoms with Gasteiger partial charge in [0.25, 0.3) is 0 Å². The van der Waals surface area contributed by atoms with E-state index in [1.165, 1.54) is 0 Å². The molecule has 0 aromatic rings. The van der Waals surface area contributed by atoms with Gasteiger partial charge in [-0.1, -0.05) is 98.9 Å². The number of cyclic esters (lactones) is 1. The molecular weight excluding hydrogens is 897 g/mol. The number of nitrogens with two attached hydrogens (primary N) is 1. The highest BCUT2D eigenvalue weighted by molar-refractivity contribution is 5.80. The second-order valence-electron chi connectivity index (χ2n) is 19.4. The van der Waals surface area contributed by atoms with Gasteiger partial charge in [-0.15, -0.1) is 0 Å². The number of ether oxygens (including phenoxy) is 4. The molecule has 4 aliphatic rings. The average molecular weight is 977 g/mol. The van der Waals surface area contributed by atoms with Crippen molar-refractivity contribution in [3.05, 3.63) is 85.1 Å². The lowest BCUT2D eigenvalue weighted by atomic mass is 9.81. The molecule has 69 heavy (non-hydrogen) atoms. The predicted molar refractivity (Wildman–Crippen MR) is 255 cm³/mol. The fourth-order valence-electron chi connectivity index (χ4n) is 8.84. The first-order chi connectivity index (χ1) is 32.7. The van der Waals surface area contributed by atoms with E-state index in [1.54, 1.807) is 63.3 Å². The standard InChI is InChI=1S/C51H80N2O16/c1-30-18-15-13-11-9-7-5-6-8-10-12-14-16-21-38(68-50-48(63)45(52)47(62)33(4)67-50)27-42-44(49(64)53-34-19-17-20-34)41(59)29-51(65,69-42)28-37(56)25-40(58)39(57)23-22-35(54)24-36(55)26-43(60)66-32(3)31(2)46(30)61/h5-16,18,21,30-42,44-48,50,54-59,61-63,65H,17,19-20,22-29,52H2,1-4H3,(H,53,64)/b6-5+,9-7+,10-8+,13-11+,14-12+,18-15+,21-16+/t30-,31-,32-,33+,35+,36+,37-,38-,39+,40+,41-,42-,44+,45-,46+,47+,48-,50-,51+/m0/s1. The van der Waals surface area contributed by atoms with Crippen molar-refractivity contribution in [3.8, 4) is 0 Å². The van der Waals surface area contributed by atoms with Crippen molar-refractivity contribution >= 4 is 11.9 Å². The molecule has 3 aliphatic heterocycles. The number of aliphatic hydroxyl groups excluding tert-OH is 9. The van der Waals surface area contributed by atoms with E-state index in [9.17, 15) is 60.7 Å². The number of hydrogen-bond acceptors (Lipinski definition) is 17. The molecule has 1 aliphatic carbocycles. The number of nitrogens with one attached hydrogen (secondary N) is 1. The highest BCUT2D eigenvalue weighted by Crippen LogP contribution is 2.38. The lowest BCUT2D eigenvalue weighted by Gasteiger charge is -2.46. The summed E-state index contributed by atoms with van der Waals surface area (Å²) in [6.45, 7) is 6.82. The number of aliphatic hydroxyl groups is 10. The molecule has 18 heteroatoms. The monoisotopic (exact) mass is 977 g/mol. The summed E-state index contributed by atoms with van der Waals surface area (Å²) in [5.74, 6) is -5.41. The topological polar surface area (TPSA) is 311 Å². The highest BCUT2D eigenvalue weighted by Gasteiger charge is 2.51. The second-order valence-corrected chi connectivity index (χ2v) is 19.4. The summed E-state index contributed by atoms with van der Waals surface area (Å²) < 4.78 is 23.8. The highest BCUT2D eigenvalue weighted by atomic mass is 16.7. The Hall–Kier alpha value is -3.44. The Labute approximate surface area is 406 Å². The number of carbonyl (C=O) groups is 2. The first kappa shape index (κ1) is 58.1. The SMILES string of the molecule is C[C@@H]1[C@H](O)[C@@H](C)/C=C/C=C/C=C/C=C/C=C/C=C/C=C/[C@H](O[C@@H]2O[C@H](C)[C@@H](O)[C@H](N)[C@@H]2O)C[C@@H]2O[C@](O)(C[C@@H](O)C[C@@H](O)[C@H](O)CC[C@@H](O)C[C@@H](O)CC(=O)O[C@H]1C)C[C@H](O)[C@H]2C(=O)NC1CCC1. The molecule has 0 radical (unpaired) electrons. The van der Waals surface area contributed by atoms with E-state index < -0.39 is 147 Å². The van der Waals surface area contributed by atoms with Crippen LogP contribution in [-0.4, -0.2) is 166 Å². The van der Waals surface area contributed by atoms with E-state index in [2.05, 4.69) is 5.32 Å². The molecule has 3 fully saturated rings. The van der Waals surface area contributed by atoms with Gasteiger partial charge in [-0.25, -0.2) is 0 Å². The van der Waals surface area contributed by atoms with Crippen LogP contribution < -0.4 is 11.1 Å². The van der Waals surface area contributed by atoms with Crippen LogP contribution in [-0.2, 0) is 28.5 Å². The van der Waals surface area contributed by atoms with Crippen LogP contribution in [0.1, 0.15) is 98.3 Å². The van der Waals surface area contributed by atoms with Crippen LogP contribution in [0.25, 0.3) is 0 Å². The third-order valence-electron chi connectivity index (χ3n) is 13.5. The van der Waals surface area contributed by atoms with Crippen LogP contribution in [0, 0.1) is 17.8 Å². The van der Waals surface area contributed by atoms with Crippen LogP contribution >= 0.6 is 0 Å². The molecular formula is C51H80N2O16. The van der Waals surface area contributed by atoms with Crippen molar-refractivity contribution in [1.82, 2.24) is 5.32 Å². The fraction of sp³-hybridized carbons (Fsp3) is 0.686. The Morgan fingerprint density at radius 3 is 1.86 bits per heavy atom. The van der Waals surface area contributed by atoms with Crippen molar-refractivity contribution < 1.29 is 79.6 Å². The zero-order chi connectivity index (χ0) is 50.8. The van der Waals surface area contributed by atoms with E-state index in [0.717, 1.165) is 19.3 Å². The predicted octanol–water partition coefficient (Wildman–Crippen LogP) is 1.30. The molecule has 4 rings (SSSR count). The summed E-state index contributed by atoms with van der Waals surface area (Å²) in [7, 11) is 0. The van der Waals surface area contributed by atoms with E-state index in [0.29, 0.717) is 0 Å². The number of esters is 1. The van der Waals surface area contributed by atoms with Crippen molar-refractivity contribution in [2.45, 2.75) is 202 Å². The number of hydrogen-bond donors (Lipinski definition) is 12. The molecule has 13 N–H and O–H groups in total. The van der Waals surface area contributed by atoms with Gasteiger partial charge in [-0.3, -0.25) is 9.59 Å². The minimum absolute atomic E-state index is 0.0856. The quantitative estimate of drug-likeness (QED) is 0.177. The molecule has 390 valence electrons. The molecule has 1 amide bonds. The summed E-state index contributed by atoms with van der Waals surface area (Å²) in [6, 6.07) is -1.22. The van der Waals surface area contributed by atoms with Crippen molar-refractivity contribution in [2.24, 2.45) is 23.5 Å². The van der Waals surface area contributed by atoms with E-state index in [4.69, 9.17) is 24.7 Å². The number of fused-ring (bicyclic) bond motifs is 2. The smallest absolute Gasteiger partial charge is 0.308 e. The van der Waals surface area contributed by atoms with Crippen LogP contribution in [0.15, 0.2) is 85.1 Å². The summed E-state index contributed by atoms with van der Waals surface area (Å²) in [6.07, 6.45) is 7.71. The Balaban J connectivity index is 1.58. The summed E-state index contributed by atoms with van der Waals surface area (Å²) in [4.78, 5) is 26.5. The maximum absolute atomic E-state index is 13.8. The maximum atomic E-state index is 13.8. The van der Waals surface area contributed by atoms with E-state index >= 15 is 0 Å². The minimum atomic E-state index is -2.24. The first-order valence-electron chi connectivity index (χ1n) is 24.4. The van der Waals surface area contributed by atoms with Crippen molar-refractivity contribution in [1.29, 1.82) is 0 Å². The van der Waals surface area contributed by atoms with E-state index in [1.807, 2.05) is 49.5 Å². The second kappa shape index (κ2) is 28.6. The molecule has 0 aromatic heterocycles. The van der Waals surface area contributed by atoms with Crippen LogP contribution in [0.2, 0.25) is 0 Å². The van der Waals surface area contributed by atoms with Crippen LogP contribution in [0.5, 0.6) is 0 Å². The Morgan fingerprint density at radius 2 is 1.26 bits per heavy atom. The largest absolute Gasteiger partial charge is 0.462 e. The van der Waals surface area contributed by atoms with Gasteiger partial charge < -0.3 is 81.1 Å². The Kier molecular flexibility index (Phi) is 24.1. The zero-order valence-corrected chi connectivity index (χ0v) is 40.3. The number of carbonyl (C=O) groups excluding carboxylic acids is 2. The molecule has 2 saturated heterocycles. The lowest BCUT2D eigenvalue weighted by Crippen LogP contribution is -2.62. The van der Waals surface area contributed by atoms with Gasteiger partial charge in [0.1, 0.15) is 12.2 Å². The van der Waals surface area contributed by atoms with Gasteiger partial charge >= 0.3 is 5.97 Å². The van der Waals surface area contributed by atoms with Crippen LogP contribution in [0.3, 0.4) is 0 Å². The lowest BCUT2D eigenvalue weighted by molar-refractivity contribution is -0.307. The van der Waals surface area contributed by atoms with Crippen molar-refractivity contribution in [3.63, 3.8) is 0 Å². The van der Waals surface area contributed by atoms with Crippen LogP contribution in [0.4, 0.5) is 0 Å². The van der Waals surface area contributed by atoms with Gasteiger partial charge in [-0.2, -0.15) is 0 Å². The average Bonchev–Trinajstić information content (AvgIpc) is 3.26. The van der Waals surface area contributed by atoms with Gasteiger partial charge in [0.15, 0.2) is 12.1 Å². The van der Waals surface area contributed by atoms with E-state index in [-0.39, 0.29) is 37.6 Å². The summed E-state index contributed by atoms with van der Waals surface area (Å²) in [5.41, 5.74) is 6.11. The number of allylic oxidation sites excluding steroid dienone is 12. The molecule has 18 nitrogen and oxygen atoms in total. The van der Waals surface area contributed by atoms with Gasteiger partial charge in [0.2, 0.25) is 5.91 Å². The third kappa shape index (κ3) is 18.9. The van der Waals surface area contributed by atoms with Gasteiger partial charge in [0.05, 0.1) is 85.5 Å². The van der Waals surface area contributed by atoms with Crippen molar-refractivity contribution in [2.75, 3.05) is 0 Å². The molecule has 0 unspecified atom stereocenters. The van der Waals surface area contributed by atoms with Gasteiger partial charge in [-0.05, 0) is 52.4 Å². The molecule has 2 bridgehead atoms. The molecule has 3 heterocycles. The normalized spacial score (nSPS) is 44.8. The number of amides is 1. The zero-order valence-electron chi connectivity index (χ0n) is 40.3. The van der Waals surface area contributed by atoms with Gasteiger partial charge in [0, 0.05) is 43.6 Å². The minimum Gasteiger partial charge on any atom is -0.462 e. The third-order valence-corrected chi connectivity index (χ3v) is 13.5. The molecule has 19 atom stereocenters. The first-order valence-corrected chi connectivity index (χ1v) is 24.4. The maximum Gasteiger partial charge on any atom is 0.308 e. The molecule has 0 spiro atoms. The Bertz CT molecular complexity index is 1780. The number of rotatable bonds is 4. The summed E-state index contributed by atoms with van der Waals surface area (Å²) >= 11 is 0.